The third kappa shape index (κ3) is 3.79. The summed E-state index contributed by atoms with van der Waals surface area (Å²) in [4.78, 5) is 13.4. The molecule has 0 amide bonds. The van der Waals surface area contributed by atoms with Crippen LogP contribution in [0, 0.1) is 16.5 Å². The SMILES string of the molecule is CC(C)c1ccc2c(c1)CC[C@H]1[C@](C)(C(=O)Oc3ccc([NH+]([O-])O)cc3)CCC[C@]21C. The van der Waals surface area contributed by atoms with Crippen LogP contribution in [0.5, 0.6) is 5.75 Å². The number of rotatable bonds is 4. The van der Waals surface area contributed by atoms with Gasteiger partial charge in [-0.25, -0.2) is 5.21 Å². The highest BCUT2D eigenvalue weighted by Crippen LogP contribution is 2.57. The van der Waals surface area contributed by atoms with E-state index in [4.69, 9.17) is 9.94 Å². The van der Waals surface area contributed by atoms with Gasteiger partial charge in [0.15, 0.2) is 5.69 Å². The predicted octanol–water partition coefficient (Wildman–Crippen LogP) is 4.83. The number of benzene rings is 2. The molecule has 2 aliphatic rings. The first-order valence-electron chi connectivity index (χ1n) is 11.3. The van der Waals surface area contributed by atoms with Crippen LogP contribution in [0.3, 0.4) is 0 Å². The standard InChI is InChI=1S/C26H33NO4/c1-17(2)18-6-12-22-19(16-18)7-13-23-25(22,3)14-5-15-26(23,4)24(28)31-21-10-8-20(9-11-21)27(29)30/h6,8-12,16-17,23,27,29H,5,7,13-15H2,1-4H3/t23-,25-,26-/m1/s1. The molecule has 0 aliphatic heterocycles. The predicted molar refractivity (Wildman–Crippen MR) is 120 cm³/mol. The molecule has 0 bridgehead atoms. The van der Waals surface area contributed by atoms with Crippen molar-refractivity contribution in [3.8, 4) is 5.75 Å². The van der Waals surface area contributed by atoms with E-state index in [0.29, 0.717) is 11.7 Å². The van der Waals surface area contributed by atoms with E-state index in [1.54, 1.807) is 12.1 Å². The Morgan fingerprint density at radius 1 is 1.16 bits per heavy atom. The summed E-state index contributed by atoms with van der Waals surface area (Å²) in [6, 6.07) is 13.0. The van der Waals surface area contributed by atoms with Crippen LogP contribution in [0.2, 0.25) is 0 Å². The van der Waals surface area contributed by atoms with Crippen LogP contribution >= 0.6 is 0 Å². The van der Waals surface area contributed by atoms with Crippen LogP contribution in [0.15, 0.2) is 42.5 Å². The van der Waals surface area contributed by atoms with Crippen molar-refractivity contribution < 1.29 is 20.0 Å². The van der Waals surface area contributed by atoms with Crippen molar-refractivity contribution in [3.63, 3.8) is 0 Å². The molecule has 2 aromatic carbocycles. The monoisotopic (exact) mass is 423 g/mol. The molecule has 5 heteroatoms. The Labute approximate surface area is 184 Å². The lowest BCUT2D eigenvalue weighted by atomic mass is 9.49. The summed E-state index contributed by atoms with van der Waals surface area (Å²) in [5.74, 6) is 0.932. The van der Waals surface area contributed by atoms with Crippen LogP contribution in [-0.4, -0.2) is 11.2 Å². The number of carbonyl (C=O) groups is 1. The largest absolute Gasteiger partial charge is 0.595 e. The molecule has 1 fully saturated rings. The van der Waals surface area contributed by atoms with Gasteiger partial charge in [-0.05, 0) is 78.7 Å². The Kier molecular flexibility index (Phi) is 5.71. The van der Waals surface area contributed by atoms with Gasteiger partial charge in [-0.2, -0.15) is 5.23 Å². The molecule has 4 atom stereocenters. The Hall–Kier alpha value is -2.21. The van der Waals surface area contributed by atoms with E-state index in [1.165, 1.54) is 28.8 Å². The average molecular weight is 424 g/mol. The Morgan fingerprint density at radius 3 is 2.52 bits per heavy atom. The number of aryl methyl sites for hydroxylation is 1. The van der Waals surface area contributed by atoms with Gasteiger partial charge >= 0.3 is 5.97 Å². The number of hydrogen-bond acceptors (Lipinski definition) is 4. The van der Waals surface area contributed by atoms with Gasteiger partial charge < -0.3 is 9.94 Å². The summed E-state index contributed by atoms with van der Waals surface area (Å²) < 4.78 is 5.79. The molecule has 0 radical (unpaired) electrons. The minimum atomic E-state index is -0.991. The van der Waals surface area contributed by atoms with Crippen molar-refractivity contribution in [2.75, 3.05) is 0 Å². The van der Waals surface area contributed by atoms with Crippen LogP contribution < -0.4 is 9.96 Å². The maximum Gasteiger partial charge on any atom is 0.317 e. The lowest BCUT2D eigenvalue weighted by Gasteiger charge is -2.54. The van der Waals surface area contributed by atoms with Crippen molar-refractivity contribution in [3.05, 3.63) is 64.4 Å². The zero-order valence-electron chi connectivity index (χ0n) is 18.9. The summed E-state index contributed by atoms with van der Waals surface area (Å²) >= 11 is 0. The molecule has 166 valence electrons. The van der Waals surface area contributed by atoms with Crippen molar-refractivity contribution >= 4 is 11.7 Å². The first-order chi connectivity index (χ1) is 14.6. The second kappa shape index (κ2) is 8.05. The second-order valence-corrected chi connectivity index (χ2v) is 10.1. The molecule has 0 spiro atoms. The Balaban J connectivity index is 1.61. The van der Waals surface area contributed by atoms with Crippen LogP contribution in [-0.2, 0) is 16.6 Å². The number of esters is 1. The fourth-order valence-electron chi connectivity index (χ4n) is 6.00. The average Bonchev–Trinajstić information content (AvgIpc) is 2.73. The van der Waals surface area contributed by atoms with Crippen LogP contribution in [0.1, 0.15) is 76.0 Å². The van der Waals surface area contributed by atoms with E-state index in [9.17, 15) is 10.0 Å². The number of carbonyl (C=O) groups excluding carboxylic acids is 1. The van der Waals surface area contributed by atoms with Crippen molar-refractivity contribution in [1.29, 1.82) is 0 Å². The lowest BCUT2D eigenvalue weighted by molar-refractivity contribution is -0.991. The molecule has 0 aromatic heterocycles. The van der Waals surface area contributed by atoms with E-state index < -0.39 is 10.6 Å². The van der Waals surface area contributed by atoms with Crippen molar-refractivity contribution in [2.45, 2.75) is 71.1 Å². The first-order valence-corrected chi connectivity index (χ1v) is 11.3. The van der Waals surface area contributed by atoms with Gasteiger partial charge in [-0.3, -0.25) is 4.79 Å². The van der Waals surface area contributed by atoms with Crippen molar-refractivity contribution in [1.82, 2.24) is 0 Å². The number of quaternary nitrogens is 1. The highest BCUT2D eigenvalue weighted by atomic mass is 16.8. The molecule has 0 heterocycles. The quantitative estimate of drug-likeness (QED) is 0.420. The van der Waals surface area contributed by atoms with Gasteiger partial charge in [0, 0.05) is 12.1 Å². The zero-order valence-corrected chi connectivity index (χ0v) is 18.9. The number of fused-ring (bicyclic) bond motifs is 3. The molecule has 1 saturated carbocycles. The molecule has 2 N–H and O–H groups in total. The molecular formula is C26H33NO4. The Morgan fingerprint density at radius 2 is 1.87 bits per heavy atom. The van der Waals surface area contributed by atoms with Gasteiger partial charge in [0.2, 0.25) is 0 Å². The molecule has 0 saturated heterocycles. The molecule has 2 aromatic rings. The summed E-state index contributed by atoms with van der Waals surface area (Å²) in [7, 11) is 0. The van der Waals surface area contributed by atoms with Crippen LogP contribution in [0.25, 0.3) is 0 Å². The maximum atomic E-state index is 13.4. The number of hydrogen-bond donors (Lipinski definition) is 2. The first kappa shape index (κ1) is 22.0. The van der Waals surface area contributed by atoms with Gasteiger partial charge in [0.25, 0.3) is 0 Å². The minimum absolute atomic E-state index is 0.0394. The van der Waals surface area contributed by atoms with Gasteiger partial charge in [0.1, 0.15) is 5.75 Å². The molecule has 5 nitrogen and oxygen atoms in total. The maximum absolute atomic E-state index is 13.4. The van der Waals surface area contributed by atoms with Gasteiger partial charge in [-0.1, -0.05) is 45.4 Å². The Bertz CT molecular complexity index is 968. The normalized spacial score (nSPS) is 28.5. The fourth-order valence-corrected chi connectivity index (χ4v) is 6.00. The lowest BCUT2D eigenvalue weighted by Crippen LogP contribution is -2.99. The molecule has 4 rings (SSSR count). The van der Waals surface area contributed by atoms with Crippen molar-refractivity contribution in [2.24, 2.45) is 11.3 Å². The number of nitrogens with one attached hydrogen (secondary N) is 1. The second-order valence-electron chi connectivity index (χ2n) is 10.1. The van der Waals surface area contributed by atoms with Gasteiger partial charge in [-0.15, -0.1) is 0 Å². The topological polar surface area (TPSA) is 74.0 Å². The highest BCUT2D eigenvalue weighted by Gasteiger charge is 2.55. The third-order valence-corrected chi connectivity index (χ3v) is 7.82. The van der Waals surface area contributed by atoms with E-state index in [-0.39, 0.29) is 23.0 Å². The molecular weight excluding hydrogens is 390 g/mol. The number of ether oxygens (including phenoxy) is 1. The smallest absolute Gasteiger partial charge is 0.317 e. The van der Waals surface area contributed by atoms with E-state index in [0.717, 1.165) is 32.1 Å². The van der Waals surface area contributed by atoms with Crippen LogP contribution in [0.4, 0.5) is 5.69 Å². The molecule has 2 aliphatic carbocycles. The van der Waals surface area contributed by atoms with E-state index >= 15 is 0 Å². The van der Waals surface area contributed by atoms with Gasteiger partial charge in [0.05, 0.1) is 5.41 Å². The van der Waals surface area contributed by atoms with E-state index in [1.807, 2.05) is 0 Å². The zero-order chi connectivity index (χ0) is 22.4. The molecule has 31 heavy (non-hydrogen) atoms. The van der Waals surface area contributed by atoms with E-state index in [2.05, 4.69) is 45.9 Å². The minimum Gasteiger partial charge on any atom is -0.595 e. The summed E-state index contributed by atoms with van der Waals surface area (Å²) in [5, 5.41) is 19.2. The summed E-state index contributed by atoms with van der Waals surface area (Å²) in [6.07, 6.45) is 4.86. The third-order valence-electron chi connectivity index (χ3n) is 7.82. The molecule has 1 unspecified atom stereocenters. The fraction of sp³-hybridized carbons (Fsp3) is 0.500. The summed E-state index contributed by atoms with van der Waals surface area (Å²) in [6.45, 7) is 8.85. The highest BCUT2D eigenvalue weighted by molar-refractivity contribution is 5.80. The summed E-state index contributed by atoms with van der Waals surface area (Å²) in [5.41, 5.74) is 3.80.